The third-order valence-electron chi connectivity index (χ3n) is 7.40. The molecule has 3 aliphatic rings. The molecule has 3 aromatic rings. The van der Waals surface area contributed by atoms with Gasteiger partial charge >= 0.3 is 6.09 Å². The smallest absolute Gasteiger partial charge is 0.408 e. The topological polar surface area (TPSA) is 147 Å². The van der Waals surface area contributed by atoms with Crippen LogP contribution in [0.4, 0.5) is 16.2 Å². The van der Waals surface area contributed by atoms with E-state index in [-0.39, 0.29) is 17.9 Å². The minimum absolute atomic E-state index is 0.171. The molecule has 11 nitrogen and oxygen atoms in total. The molecule has 2 atom stereocenters. The second-order valence-corrected chi connectivity index (χ2v) is 11.6. The summed E-state index contributed by atoms with van der Waals surface area (Å²) in [7, 11) is 0. The van der Waals surface area contributed by atoms with Crippen molar-refractivity contribution < 1.29 is 23.6 Å². The predicted molar refractivity (Wildman–Crippen MR) is 152 cm³/mol. The van der Waals surface area contributed by atoms with Gasteiger partial charge in [0.2, 0.25) is 5.91 Å². The highest BCUT2D eigenvalue weighted by atomic mass is 16.6. The van der Waals surface area contributed by atoms with Crippen molar-refractivity contribution >= 4 is 34.9 Å². The standard InChI is InChI=1S/C30H32N6O5/c1-15-9-23(41-36-15)26-21-14-31-35-27(37)20-12-19(13-22(33-26)24(20)21)32-28(38)25(34-29(39)40-30(2,3)4)18-10-16-7-5-6-8-17(16)11-18/h5-9,12-14,18,25-26,31,33H,10-11H2,1-4H3,(H,32,38)(H,34,39)(H,35,37)/t25-,26?/m1/s1. The predicted octanol–water partition coefficient (Wildman–Crippen LogP) is 3.99. The fraction of sp³-hybridized carbons (Fsp3) is 0.333. The first-order valence-electron chi connectivity index (χ1n) is 13.6. The average Bonchev–Trinajstić information content (AvgIpc) is 3.59. The molecule has 0 spiro atoms. The highest BCUT2D eigenvalue weighted by Gasteiger charge is 2.38. The molecule has 1 unspecified atom stereocenters. The van der Waals surface area contributed by atoms with Crippen molar-refractivity contribution in [1.29, 1.82) is 0 Å². The summed E-state index contributed by atoms with van der Waals surface area (Å²) in [5.41, 5.74) is 10.8. The first kappa shape index (κ1) is 26.4. The van der Waals surface area contributed by atoms with Gasteiger partial charge in [0.05, 0.1) is 11.3 Å². The Hall–Kier alpha value is -4.80. The third kappa shape index (κ3) is 5.22. The van der Waals surface area contributed by atoms with Crippen LogP contribution in [-0.4, -0.2) is 34.7 Å². The number of hydrogen-bond donors (Lipinski definition) is 5. The Morgan fingerprint density at radius 3 is 2.51 bits per heavy atom. The summed E-state index contributed by atoms with van der Waals surface area (Å²) in [6.45, 7) is 7.15. The molecule has 1 aliphatic carbocycles. The monoisotopic (exact) mass is 556 g/mol. The molecule has 0 saturated heterocycles. The number of fused-ring (bicyclic) bond motifs is 1. The Kier molecular flexibility index (Phi) is 6.44. The molecule has 1 aromatic heterocycles. The molecule has 0 fully saturated rings. The molecule has 6 rings (SSSR count). The Morgan fingerprint density at radius 1 is 1.12 bits per heavy atom. The first-order chi connectivity index (χ1) is 19.6. The van der Waals surface area contributed by atoms with E-state index in [1.807, 2.05) is 37.3 Å². The van der Waals surface area contributed by atoms with Gasteiger partial charge in [-0.1, -0.05) is 29.4 Å². The molecule has 2 aromatic carbocycles. The molecule has 0 bridgehead atoms. The molecule has 11 heteroatoms. The van der Waals surface area contributed by atoms with Crippen LogP contribution >= 0.6 is 0 Å². The lowest BCUT2D eigenvalue weighted by Crippen LogP contribution is -2.50. The molecular formula is C30H32N6O5. The molecule has 3 amide bonds. The van der Waals surface area contributed by atoms with E-state index in [0.717, 1.165) is 22.4 Å². The van der Waals surface area contributed by atoms with Crippen LogP contribution in [0.5, 0.6) is 0 Å². The quantitative estimate of drug-likeness (QED) is 0.317. The van der Waals surface area contributed by atoms with Crippen molar-refractivity contribution in [2.45, 2.75) is 58.2 Å². The number of rotatable bonds is 5. The summed E-state index contributed by atoms with van der Waals surface area (Å²) in [6.07, 6.45) is 2.33. The maximum Gasteiger partial charge on any atom is 0.408 e. The Morgan fingerprint density at radius 2 is 1.85 bits per heavy atom. The number of aryl methyl sites for hydroxylation is 1. The number of nitrogens with one attached hydrogen (secondary N) is 5. The van der Waals surface area contributed by atoms with Crippen molar-refractivity contribution in [3.63, 3.8) is 0 Å². The number of carbonyl (C=O) groups excluding carboxylic acids is 3. The third-order valence-corrected chi connectivity index (χ3v) is 7.40. The van der Waals surface area contributed by atoms with Crippen LogP contribution in [0.15, 0.2) is 53.2 Å². The molecule has 3 heterocycles. The zero-order chi connectivity index (χ0) is 28.9. The SMILES string of the molecule is Cc1cc(C2Nc3cc(NC(=O)[C@H](NC(=O)OC(C)(C)C)C4Cc5ccccc5C4)cc4c3C2=CNNC4=O)on1. The van der Waals surface area contributed by atoms with E-state index in [1.54, 1.807) is 39.1 Å². The van der Waals surface area contributed by atoms with Crippen LogP contribution in [0.25, 0.3) is 5.57 Å². The van der Waals surface area contributed by atoms with Gasteiger partial charge in [-0.3, -0.25) is 15.0 Å². The summed E-state index contributed by atoms with van der Waals surface area (Å²) in [5, 5.41) is 13.2. The van der Waals surface area contributed by atoms with Gasteiger partial charge in [-0.05, 0) is 69.7 Å². The van der Waals surface area contributed by atoms with E-state index < -0.39 is 23.6 Å². The van der Waals surface area contributed by atoms with Gasteiger partial charge in [-0.2, -0.15) is 0 Å². The van der Waals surface area contributed by atoms with Crippen LogP contribution in [0.2, 0.25) is 0 Å². The Balaban J connectivity index is 1.29. The van der Waals surface area contributed by atoms with E-state index in [1.165, 1.54) is 0 Å². The number of aromatic nitrogens is 1. The van der Waals surface area contributed by atoms with Crippen molar-refractivity contribution in [3.05, 3.63) is 82.4 Å². The maximum absolute atomic E-state index is 13.8. The van der Waals surface area contributed by atoms with Crippen molar-refractivity contribution in [3.8, 4) is 0 Å². The highest BCUT2D eigenvalue weighted by Crippen LogP contribution is 2.46. The van der Waals surface area contributed by atoms with E-state index in [0.29, 0.717) is 41.1 Å². The molecule has 41 heavy (non-hydrogen) atoms. The van der Waals surface area contributed by atoms with E-state index in [4.69, 9.17) is 9.26 Å². The van der Waals surface area contributed by atoms with Crippen molar-refractivity contribution in [1.82, 2.24) is 21.3 Å². The van der Waals surface area contributed by atoms with E-state index >= 15 is 0 Å². The number of alkyl carbamates (subject to hydrolysis) is 1. The van der Waals surface area contributed by atoms with Gasteiger partial charge in [0, 0.05) is 34.8 Å². The largest absolute Gasteiger partial charge is 0.444 e. The number of nitrogens with zero attached hydrogens (tertiary/aromatic N) is 1. The number of ether oxygens (including phenoxy) is 1. The zero-order valence-electron chi connectivity index (χ0n) is 23.3. The summed E-state index contributed by atoms with van der Waals surface area (Å²) in [6, 6.07) is 12.0. The number of anilines is 2. The van der Waals surface area contributed by atoms with Gasteiger partial charge < -0.3 is 30.6 Å². The molecule has 0 radical (unpaired) electrons. The fourth-order valence-electron chi connectivity index (χ4n) is 5.72. The lowest BCUT2D eigenvalue weighted by molar-refractivity contribution is -0.119. The molecule has 2 aliphatic heterocycles. The molecule has 212 valence electrons. The van der Waals surface area contributed by atoms with Gasteiger partial charge in [-0.25, -0.2) is 4.79 Å². The zero-order valence-corrected chi connectivity index (χ0v) is 23.3. The number of benzene rings is 2. The summed E-state index contributed by atoms with van der Waals surface area (Å²) in [4.78, 5) is 39.6. The van der Waals surface area contributed by atoms with Crippen molar-refractivity contribution in [2.75, 3.05) is 10.6 Å². The second kappa shape index (κ2) is 9.99. The Labute approximate surface area is 237 Å². The van der Waals surface area contributed by atoms with Crippen LogP contribution in [0.1, 0.15) is 65.3 Å². The van der Waals surface area contributed by atoms with Gasteiger partial charge in [0.15, 0.2) is 5.76 Å². The van der Waals surface area contributed by atoms with E-state index in [2.05, 4.69) is 32.0 Å². The maximum atomic E-state index is 13.8. The van der Waals surface area contributed by atoms with Crippen molar-refractivity contribution in [2.24, 2.45) is 5.92 Å². The summed E-state index contributed by atoms with van der Waals surface area (Å²) >= 11 is 0. The number of hydrazine groups is 1. The minimum atomic E-state index is -0.867. The van der Waals surface area contributed by atoms with Crippen LogP contribution in [-0.2, 0) is 22.4 Å². The van der Waals surface area contributed by atoms with Crippen LogP contribution in [0.3, 0.4) is 0 Å². The summed E-state index contributed by atoms with van der Waals surface area (Å²) in [5.74, 6) is -0.325. The Bertz CT molecular complexity index is 1560. The minimum Gasteiger partial charge on any atom is -0.444 e. The highest BCUT2D eigenvalue weighted by molar-refractivity contribution is 6.08. The first-order valence-corrected chi connectivity index (χ1v) is 13.6. The normalized spacial score (nSPS) is 18.1. The number of amides is 3. The van der Waals surface area contributed by atoms with Crippen LogP contribution in [0, 0.1) is 12.8 Å². The fourth-order valence-corrected chi connectivity index (χ4v) is 5.72. The number of hydrogen-bond acceptors (Lipinski definition) is 8. The number of carbonyl (C=O) groups is 3. The van der Waals surface area contributed by atoms with Gasteiger partial charge in [0.25, 0.3) is 5.91 Å². The molecule has 0 saturated carbocycles. The molecular weight excluding hydrogens is 524 g/mol. The lowest BCUT2D eigenvalue weighted by atomic mass is 9.94. The lowest BCUT2D eigenvalue weighted by Gasteiger charge is -2.26. The second-order valence-electron chi connectivity index (χ2n) is 11.6. The van der Waals surface area contributed by atoms with Gasteiger partial charge in [-0.15, -0.1) is 0 Å². The van der Waals surface area contributed by atoms with E-state index in [9.17, 15) is 14.4 Å². The molecule has 5 N–H and O–H groups in total. The van der Waals surface area contributed by atoms with Crippen LogP contribution < -0.4 is 26.8 Å². The van der Waals surface area contributed by atoms with Gasteiger partial charge in [0.1, 0.15) is 17.7 Å². The average molecular weight is 557 g/mol. The summed E-state index contributed by atoms with van der Waals surface area (Å²) < 4.78 is 11.0.